The predicted molar refractivity (Wildman–Crippen MR) is 107 cm³/mol. The highest BCUT2D eigenvalue weighted by atomic mass is 79.9. The third kappa shape index (κ3) is 5.97. The third-order valence-electron chi connectivity index (χ3n) is 3.42. The first kappa shape index (κ1) is 19.7. The lowest BCUT2D eigenvalue weighted by Crippen LogP contribution is -2.25. The minimum absolute atomic E-state index is 0.123. The number of methoxy groups -OCH3 is 1. The summed E-state index contributed by atoms with van der Waals surface area (Å²) in [6.45, 7) is 3.04. The SMILES string of the molecule is CCOc1c(Br)cc(C(=O)NCCSCc2ccccc2)cc1OC. The number of benzene rings is 2. The minimum atomic E-state index is -0.123. The van der Waals surface area contributed by atoms with E-state index in [4.69, 9.17) is 9.47 Å². The van der Waals surface area contributed by atoms with E-state index < -0.39 is 0 Å². The Morgan fingerprint density at radius 3 is 2.68 bits per heavy atom. The Labute approximate surface area is 161 Å². The summed E-state index contributed by atoms with van der Waals surface area (Å²) >= 11 is 5.23. The number of hydrogen-bond acceptors (Lipinski definition) is 4. The molecule has 0 fully saturated rings. The molecule has 1 amide bonds. The second-order valence-electron chi connectivity index (χ2n) is 5.22. The number of amides is 1. The zero-order valence-corrected chi connectivity index (χ0v) is 16.8. The Balaban J connectivity index is 1.85. The summed E-state index contributed by atoms with van der Waals surface area (Å²) in [4.78, 5) is 12.3. The molecule has 134 valence electrons. The van der Waals surface area contributed by atoms with Crippen LogP contribution in [0, 0.1) is 0 Å². The lowest BCUT2D eigenvalue weighted by molar-refractivity contribution is 0.0955. The van der Waals surface area contributed by atoms with E-state index in [1.807, 2.05) is 25.1 Å². The minimum Gasteiger partial charge on any atom is -0.493 e. The number of halogens is 1. The lowest BCUT2D eigenvalue weighted by atomic mass is 10.2. The Morgan fingerprint density at radius 2 is 2.00 bits per heavy atom. The standard InChI is InChI=1S/C19H22BrNO3S/c1-3-24-18-16(20)11-15(12-17(18)23-2)19(22)21-9-10-25-13-14-7-5-4-6-8-14/h4-8,11-12H,3,9-10,13H2,1-2H3,(H,21,22). The molecule has 25 heavy (non-hydrogen) atoms. The van der Waals surface area contributed by atoms with Gasteiger partial charge in [-0.05, 0) is 40.5 Å². The van der Waals surface area contributed by atoms with Gasteiger partial charge in [-0.1, -0.05) is 30.3 Å². The smallest absolute Gasteiger partial charge is 0.251 e. The lowest BCUT2D eigenvalue weighted by Gasteiger charge is -2.13. The highest BCUT2D eigenvalue weighted by Crippen LogP contribution is 2.36. The summed E-state index contributed by atoms with van der Waals surface area (Å²) in [5, 5.41) is 2.94. The van der Waals surface area contributed by atoms with E-state index in [1.54, 1.807) is 31.0 Å². The average molecular weight is 424 g/mol. The molecule has 2 aromatic rings. The summed E-state index contributed by atoms with van der Waals surface area (Å²) in [5.74, 6) is 2.83. The Hall–Kier alpha value is -1.66. The van der Waals surface area contributed by atoms with E-state index in [2.05, 4.69) is 33.4 Å². The number of thioether (sulfide) groups is 1. The van der Waals surface area contributed by atoms with Gasteiger partial charge in [-0.3, -0.25) is 4.79 Å². The van der Waals surface area contributed by atoms with E-state index in [0.717, 1.165) is 11.5 Å². The molecule has 4 nitrogen and oxygen atoms in total. The summed E-state index contributed by atoms with van der Waals surface area (Å²) in [7, 11) is 1.56. The van der Waals surface area contributed by atoms with Crippen LogP contribution < -0.4 is 14.8 Å². The molecule has 0 aromatic heterocycles. The average Bonchev–Trinajstić information content (AvgIpc) is 2.63. The van der Waals surface area contributed by atoms with Gasteiger partial charge in [0.1, 0.15) is 0 Å². The molecule has 1 N–H and O–H groups in total. The van der Waals surface area contributed by atoms with E-state index in [9.17, 15) is 4.79 Å². The predicted octanol–water partition coefficient (Wildman–Crippen LogP) is 4.52. The topological polar surface area (TPSA) is 47.6 Å². The molecule has 0 saturated heterocycles. The van der Waals surface area contributed by atoms with Crippen molar-refractivity contribution in [3.63, 3.8) is 0 Å². The first-order valence-electron chi connectivity index (χ1n) is 8.06. The Bertz CT molecular complexity index is 695. The fourth-order valence-electron chi connectivity index (χ4n) is 2.24. The molecule has 6 heteroatoms. The van der Waals surface area contributed by atoms with E-state index in [-0.39, 0.29) is 5.91 Å². The number of carbonyl (C=O) groups is 1. The molecule has 0 aliphatic carbocycles. The van der Waals surface area contributed by atoms with Crippen LogP contribution in [0.1, 0.15) is 22.8 Å². The first-order valence-corrected chi connectivity index (χ1v) is 10.0. The van der Waals surface area contributed by atoms with E-state index in [0.29, 0.717) is 34.7 Å². The third-order valence-corrected chi connectivity index (χ3v) is 5.04. The molecule has 0 atom stereocenters. The van der Waals surface area contributed by atoms with Crippen molar-refractivity contribution >= 4 is 33.6 Å². The van der Waals surface area contributed by atoms with Crippen molar-refractivity contribution in [3.05, 3.63) is 58.1 Å². The second kappa shape index (κ2) is 10.4. The molecule has 2 aromatic carbocycles. The second-order valence-corrected chi connectivity index (χ2v) is 7.18. The summed E-state index contributed by atoms with van der Waals surface area (Å²) in [5.41, 5.74) is 1.83. The van der Waals surface area contributed by atoms with Crippen molar-refractivity contribution in [2.24, 2.45) is 0 Å². The van der Waals surface area contributed by atoms with Crippen LogP contribution >= 0.6 is 27.7 Å². The molecule has 0 radical (unpaired) electrons. The van der Waals surface area contributed by atoms with Crippen molar-refractivity contribution in [1.29, 1.82) is 0 Å². The number of nitrogens with one attached hydrogen (secondary N) is 1. The molecule has 0 aliphatic heterocycles. The van der Waals surface area contributed by atoms with Crippen LogP contribution in [0.3, 0.4) is 0 Å². The molecular formula is C19H22BrNO3S. The molecule has 0 unspecified atom stereocenters. The molecule has 0 saturated carbocycles. The maximum Gasteiger partial charge on any atom is 0.251 e. The van der Waals surface area contributed by atoms with Crippen LogP contribution in [0.15, 0.2) is 46.9 Å². The van der Waals surface area contributed by atoms with Gasteiger partial charge in [-0.25, -0.2) is 0 Å². The molecular weight excluding hydrogens is 402 g/mol. The van der Waals surface area contributed by atoms with Crippen molar-refractivity contribution in [2.75, 3.05) is 26.0 Å². The summed E-state index contributed by atoms with van der Waals surface area (Å²) < 4.78 is 11.6. The van der Waals surface area contributed by atoms with Gasteiger partial charge in [0.15, 0.2) is 11.5 Å². The summed E-state index contributed by atoms with van der Waals surface area (Å²) in [6.07, 6.45) is 0. The van der Waals surface area contributed by atoms with Crippen molar-refractivity contribution in [2.45, 2.75) is 12.7 Å². The largest absolute Gasteiger partial charge is 0.493 e. The highest BCUT2D eigenvalue weighted by Gasteiger charge is 2.15. The van der Waals surface area contributed by atoms with Gasteiger partial charge in [0.25, 0.3) is 5.91 Å². The van der Waals surface area contributed by atoms with Gasteiger partial charge in [-0.15, -0.1) is 0 Å². The molecule has 0 bridgehead atoms. The number of carbonyl (C=O) groups excluding carboxylic acids is 1. The fraction of sp³-hybridized carbons (Fsp3) is 0.316. The Morgan fingerprint density at radius 1 is 1.24 bits per heavy atom. The number of rotatable bonds is 9. The highest BCUT2D eigenvalue weighted by molar-refractivity contribution is 9.10. The van der Waals surface area contributed by atoms with Gasteiger partial charge in [0.05, 0.1) is 18.2 Å². The van der Waals surface area contributed by atoms with Crippen LogP contribution in [0.2, 0.25) is 0 Å². The molecule has 2 rings (SSSR count). The maximum absolute atomic E-state index is 12.3. The number of ether oxygens (including phenoxy) is 2. The van der Waals surface area contributed by atoms with Gasteiger partial charge >= 0.3 is 0 Å². The normalized spacial score (nSPS) is 10.4. The zero-order valence-electron chi connectivity index (χ0n) is 14.4. The van der Waals surface area contributed by atoms with E-state index >= 15 is 0 Å². The van der Waals surface area contributed by atoms with Gasteiger partial charge in [-0.2, -0.15) is 11.8 Å². The molecule has 0 heterocycles. The summed E-state index contributed by atoms with van der Waals surface area (Å²) in [6, 6.07) is 13.7. The van der Waals surface area contributed by atoms with Gasteiger partial charge in [0.2, 0.25) is 0 Å². The van der Waals surface area contributed by atoms with Gasteiger partial charge in [0, 0.05) is 23.6 Å². The van der Waals surface area contributed by atoms with Crippen LogP contribution in [-0.2, 0) is 5.75 Å². The first-order chi connectivity index (χ1) is 12.2. The maximum atomic E-state index is 12.3. The van der Waals surface area contributed by atoms with E-state index in [1.165, 1.54) is 5.56 Å². The fourth-order valence-corrected chi connectivity index (χ4v) is 3.61. The van der Waals surface area contributed by atoms with Crippen molar-refractivity contribution < 1.29 is 14.3 Å². The number of hydrogen-bond donors (Lipinski definition) is 1. The van der Waals surface area contributed by atoms with Crippen molar-refractivity contribution in [1.82, 2.24) is 5.32 Å². The van der Waals surface area contributed by atoms with Gasteiger partial charge < -0.3 is 14.8 Å². The van der Waals surface area contributed by atoms with Crippen LogP contribution in [-0.4, -0.2) is 31.9 Å². The van der Waals surface area contributed by atoms with Crippen LogP contribution in [0.5, 0.6) is 11.5 Å². The van der Waals surface area contributed by atoms with Crippen LogP contribution in [0.25, 0.3) is 0 Å². The van der Waals surface area contributed by atoms with Crippen molar-refractivity contribution in [3.8, 4) is 11.5 Å². The zero-order chi connectivity index (χ0) is 18.1. The molecule has 0 aliphatic rings. The molecule has 0 spiro atoms. The Kier molecular flexibility index (Phi) is 8.15. The quantitative estimate of drug-likeness (QED) is 0.602. The monoisotopic (exact) mass is 423 g/mol. The van der Waals surface area contributed by atoms with Crippen LogP contribution in [0.4, 0.5) is 0 Å².